The lowest BCUT2D eigenvalue weighted by atomic mass is 9.95. The van der Waals surface area contributed by atoms with Gasteiger partial charge in [0.2, 0.25) is 5.91 Å². The Labute approximate surface area is 164 Å². The number of anilines is 1. The number of amides is 1. The standard InChI is InChI=1S/C20H29F3N4O/c1-2-10-26-12-7-16(8-13-26)25-19(28)15-5-4-11-27(14-15)18-17(20(21,22)23)6-3-9-24-18/h3,6,9,15-16H,2,4-5,7-8,10-14H2,1H3,(H,25,28). The van der Waals surface area contributed by atoms with Gasteiger partial charge >= 0.3 is 6.18 Å². The highest BCUT2D eigenvalue weighted by molar-refractivity contribution is 5.80. The summed E-state index contributed by atoms with van der Waals surface area (Å²) in [6, 6.07) is 2.51. The first-order valence-electron chi connectivity index (χ1n) is 10.2. The topological polar surface area (TPSA) is 48.5 Å². The van der Waals surface area contributed by atoms with Crippen molar-refractivity contribution in [1.82, 2.24) is 15.2 Å². The highest BCUT2D eigenvalue weighted by atomic mass is 19.4. The van der Waals surface area contributed by atoms with E-state index in [4.69, 9.17) is 0 Å². The molecule has 28 heavy (non-hydrogen) atoms. The Morgan fingerprint density at radius 1 is 1.25 bits per heavy atom. The van der Waals surface area contributed by atoms with Crippen LogP contribution in [0.4, 0.5) is 19.0 Å². The van der Waals surface area contributed by atoms with Crippen LogP contribution in [0.5, 0.6) is 0 Å². The summed E-state index contributed by atoms with van der Waals surface area (Å²) in [4.78, 5) is 20.7. The number of alkyl halides is 3. The predicted molar refractivity (Wildman–Crippen MR) is 102 cm³/mol. The number of nitrogens with one attached hydrogen (secondary N) is 1. The normalized spacial score (nSPS) is 22.3. The smallest absolute Gasteiger partial charge is 0.355 e. The molecule has 2 aliphatic heterocycles. The Hall–Kier alpha value is -1.83. The molecule has 3 rings (SSSR count). The summed E-state index contributed by atoms with van der Waals surface area (Å²) in [5.41, 5.74) is -0.737. The van der Waals surface area contributed by atoms with Gasteiger partial charge in [0.25, 0.3) is 0 Å². The summed E-state index contributed by atoms with van der Waals surface area (Å²) in [7, 11) is 0. The Kier molecular flexibility index (Phi) is 6.80. The average molecular weight is 398 g/mol. The van der Waals surface area contributed by atoms with Gasteiger partial charge in [0.15, 0.2) is 0 Å². The van der Waals surface area contributed by atoms with Gasteiger partial charge in [0.05, 0.1) is 11.5 Å². The van der Waals surface area contributed by atoms with Crippen molar-refractivity contribution in [2.75, 3.05) is 37.6 Å². The Morgan fingerprint density at radius 3 is 2.68 bits per heavy atom. The monoisotopic (exact) mass is 398 g/mol. The van der Waals surface area contributed by atoms with Crippen LogP contribution in [-0.4, -0.2) is 54.6 Å². The van der Waals surface area contributed by atoms with Crippen LogP contribution >= 0.6 is 0 Å². The van der Waals surface area contributed by atoms with Crippen molar-refractivity contribution in [2.45, 2.75) is 51.2 Å². The first kappa shape index (κ1) is 20.9. The molecule has 5 nitrogen and oxygen atoms in total. The molecule has 3 heterocycles. The highest BCUT2D eigenvalue weighted by Gasteiger charge is 2.37. The Bertz CT molecular complexity index is 659. The van der Waals surface area contributed by atoms with Crippen molar-refractivity contribution in [3.8, 4) is 0 Å². The summed E-state index contributed by atoms with van der Waals surface area (Å²) >= 11 is 0. The first-order valence-corrected chi connectivity index (χ1v) is 10.2. The summed E-state index contributed by atoms with van der Waals surface area (Å²) in [6.45, 7) is 5.98. The maximum absolute atomic E-state index is 13.3. The maximum Gasteiger partial charge on any atom is 0.419 e. The minimum absolute atomic E-state index is 0.0388. The number of rotatable bonds is 5. The molecule has 1 aromatic heterocycles. The zero-order chi connectivity index (χ0) is 20.1. The second-order valence-corrected chi connectivity index (χ2v) is 7.78. The number of carbonyl (C=O) groups is 1. The molecule has 2 aliphatic rings. The molecule has 0 aliphatic carbocycles. The van der Waals surface area contributed by atoms with E-state index in [2.05, 4.69) is 22.1 Å². The van der Waals surface area contributed by atoms with E-state index < -0.39 is 11.7 Å². The fourth-order valence-corrected chi connectivity index (χ4v) is 4.19. The van der Waals surface area contributed by atoms with Gasteiger partial charge in [-0.3, -0.25) is 4.79 Å². The lowest BCUT2D eigenvalue weighted by Gasteiger charge is -2.36. The lowest BCUT2D eigenvalue weighted by Crippen LogP contribution is -2.49. The summed E-state index contributed by atoms with van der Waals surface area (Å²) in [6.07, 6.45) is 1.29. The van der Waals surface area contributed by atoms with Crippen LogP contribution in [0.1, 0.15) is 44.6 Å². The van der Waals surface area contributed by atoms with E-state index >= 15 is 0 Å². The zero-order valence-electron chi connectivity index (χ0n) is 16.3. The first-order chi connectivity index (χ1) is 13.4. The van der Waals surface area contributed by atoms with Gasteiger partial charge in [0, 0.05) is 38.4 Å². The van der Waals surface area contributed by atoms with Crippen LogP contribution in [-0.2, 0) is 11.0 Å². The lowest BCUT2D eigenvalue weighted by molar-refractivity contribution is -0.137. The minimum atomic E-state index is -4.45. The van der Waals surface area contributed by atoms with Gasteiger partial charge in [-0.25, -0.2) is 4.98 Å². The van der Waals surface area contributed by atoms with E-state index in [0.717, 1.165) is 45.0 Å². The number of likely N-dealkylation sites (tertiary alicyclic amines) is 1. The molecule has 0 saturated carbocycles. The molecule has 1 N–H and O–H groups in total. The fraction of sp³-hybridized carbons (Fsp3) is 0.700. The van der Waals surface area contributed by atoms with Crippen molar-refractivity contribution in [1.29, 1.82) is 0 Å². The molecule has 0 aromatic carbocycles. The zero-order valence-corrected chi connectivity index (χ0v) is 16.3. The third-order valence-corrected chi connectivity index (χ3v) is 5.66. The highest BCUT2D eigenvalue weighted by Crippen LogP contribution is 2.36. The van der Waals surface area contributed by atoms with Crippen LogP contribution in [0.3, 0.4) is 0 Å². The van der Waals surface area contributed by atoms with E-state index in [1.165, 1.54) is 12.3 Å². The molecule has 0 spiro atoms. The second-order valence-electron chi connectivity index (χ2n) is 7.78. The van der Waals surface area contributed by atoms with Crippen LogP contribution in [0.25, 0.3) is 0 Å². The van der Waals surface area contributed by atoms with Crippen LogP contribution in [0.2, 0.25) is 0 Å². The molecular weight excluding hydrogens is 369 g/mol. The molecule has 8 heteroatoms. The van der Waals surface area contributed by atoms with Gasteiger partial charge in [-0.2, -0.15) is 13.2 Å². The Morgan fingerprint density at radius 2 is 2.00 bits per heavy atom. The van der Waals surface area contributed by atoms with E-state index in [0.29, 0.717) is 19.4 Å². The van der Waals surface area contributed by atoms with Crippen LogP contribution < -0.4 is 10.2 Å². The largest absolute Gasteiger partial charge is 0.419 e. The predicted octanol–water partition coefficient (Wildman–Crippen LogP) is 3.31. The van der Waals surface area contributed by atoms with Crippen LogP contribution in [0, 0.1) is 5.92 Å². The van der Waals surface area contributed by atoms with Crippen molar-refractivity contribution >= 4 is 11.7 Å². The van der Waals surface area contributed by atoms with Crippen molar-refractivity contribution < 1.29 is 18.0 Å². The molecule has 0 radical (unpaired) electrons. The quantitative estimate of drug-likeness (QED) is 0.827. The maximum atomic E-state index is 13.3. The molecule has 2 saturated heterocycles. The van der Waals surface area contributed by atoms with E-state index in [1.807, 2.05) is 0 Å². The minimum Gasteiger partial charge on any atom is -0.355 e. The molecular formula is C20H29F3N4O. The van der Waals surface area contributed by atoms with E-state index in [-0.39, 0.29) is 30.2 Å². The molecule has 2 fully saturated rings. The van der Waals surface area contributed by atoms with Gasteiger partial charge in [0.1, 0.15) is 5.82 Å². The number of piperidine rings is 2. The number of nitrogens with zero attached hydrogens (tertiary/aromatic N) is 3. The number of pyridine rings is 1. The SMILES string of the molecule is CCCN1CCC(NC(=O)C2CCCN(c3ncccc3C(F)(F)F)C2)CC1. The van der Waals surface area contributed by atoms with Crippen molar-refractivity contribution in [3.63, 3.8) is 0 Å². The van der Waals surface area contributed by atoms with Crippen molar-refractivity contribution in [2.24, 2.45) is 5.92 Å². The van der Waals surface area contributed by atoms with Gasteiger partial charge in [-0.15, -0.1) is 0 Å². The molecule has 156 valence electrons. The van der Waals surface area contributed by atoms with Crippen LogP contribution in [0.15, 0.2) is 18.3 Å². The summed E-state index contributed by atoms with van der Waals surface area (Å²) in [5.74, 6) is -0.408. The third kappa shape index (κ3) is 5.16. The molecule has 1 amide bonds. The number of aromatic nitrogens is 1. The van der Waals surface area contributed by atoms with E-state index in [9.17, 15) is 18.0 Å². The third-order valence-electron chi connectivity index (χ3n) is 5.66. The molecule has 1 aromatic rings. The number of carbonyl (C=O) groups excluding carboxylic acids is 1. The molecule has 1 unspecified atom stereocenters. The van der Waals surface area contributed by atoms with Crippen molar-refractivity contribution in [3.05, 3.63) is 23.9 Å². The second kappa shape index (κ2) is 9.11. The Balaban J connectivity index is 1.59. The summed E-state index contributed by atoms with van der Waals surface area (Å²) < 4.78 is 39.9. The van der Waals surface area contributed by atoms with Gasteiger partial charge in [-0.1, -0.05) is 6.92 Å². The molecule has 0 bridgehead atoms. The number of hydrogen-bond acceptors (Lipinski definition) is 4. The number of halogens is 3. The van der Waals surface area contributed by atoms with E-state index in [1.54, 1.807) is 4.90 Å². The fourth-order valence-electron chi connectivity index (χ4n) is 4.19. The summed E-state index contributed by atoms with van der Waals surface area (Å²) in [5, 5.41) is 3.13. The van der Waals surface area contributed by atoms with Gasteiger partial charge in [-0.05, 0) is 50.8 Å². The average Bonchev–Trinajstić information content (AvgIpc) is 2.69. The van der Waals surface area contributed by atoms with Gasteiger partial charge < -0.3 is 15.1 Å². The number of hydrogen-bond donors (Lipinski definition) is 1. The molecule has 1 atom stereocenters.